The number of carbonyl (C=O) groups is 1. The molecule has 0 bridgehead atoms. The predicted octanol–water partition coefficient (Wildman–Crippen LogP) is 0.336. The molecule has 1 heterocycles. The molecule has 1 aromatic heterocycles. The van der Waals surface area contributed by atoms with Crippen LogP contribution in [-0.4, -0.2) is 37.4 Å². The number of aryl methyl sites for hydroxylation is 1. The Morgan fingerprint density at radius 1 is 1.69 bits per heavy atom. The molecule has 0 aliphatic carbocycles. The number of methoxy groups -OCH3 is 1. The lowest BCUT2D eigenvalue weighted by molar-refractivity contribution is -0.121. The number of furan rings is 1. The van der Waals surface area contributed by atoms with Crippen LogP contribution in [0.1, 0.15) is 12.2 Å². The molecule has 16 heavy (non-hydrogen) atoms. The lowest BCUT2D eigenvalue weighted by atomic mass is 10.2. The third-order valence-corrected chi connectivity index (χ3v) is 2.07. The topological polar surface area (TPSA) is 71.7 Å². The van der Waals surface area contributed by atoms with Gasteiger partial charge in [-0.1, -0.05) is 0 Å². The summed E-state index contributed by atoms with van der Waals surface area (Å²) < 4.78 is 9.84. The van der Waals surface area contributed by atoms with Crippen LogP contribution in [0, 0.1) is 0 Å². The van der Waals surface area contributed by atoms with Crippen molar-refractivity contribution in [2.24, 2.45) is 0 Å². The summed E-state index contributed by atoms with van der Waals surface area (Å²) in [4.78, 5) is 11.3. The molecule has 5 heteroatoms. The lowest BCUT2D eigenvalue weighted by Gasteiger charge is -2.10. The maximum Gasteiger partial charge on any atom is 0.220 e. The standard InChI is InChI=1S/C11H17NO4/c1-15-8-9(13)7-12-11(14)5-4-10-3-2-6-16-10/h2-3,6,9,13H,4-5,7-8H2,1H3,(H,12,14). The Morgan fingerprint density at radius 2 is 2.50 bits per heavy atom. The van der Waals surface area contributed by atoms with Crippen molar-refractivity contribution < 1.29 is 19.1 Å². The first-order chi connectivity index (χ1) is 7.72. The van der Waals surface area contributed by atoms with Gasteiger partial charge >= 0.3 is 0 Å². The van der Waals surface area contributed by atoms with E-state index >= 15 is 0 Å². The summed E-state index contributed by atoms with van der Waals surface area (Å²) in [7, 11) is 1.50. The first kappa shape index (κ1) is 12.7. The predicted molar refractivity (Wildman–Crippen MR) is 57.9 cm³/mol. The molecule has 1 atom stereocenters. The average Bonchev–Trinajstić information content (AvgIpc) is 2.77. The van der Waals surface area contributed by atoms with E-state index in [1.54, 1.807) is 12.3 Å². The Bertz CT molecular complexity index is 297. The molecule has 1 amide bonds. The highest BCUT2D eigenvalue weighted by Gasteiger charge is 2.07. The number of hydrogen-bond donors (Lipinski definition) is 2. The summed E-state index contributed by atoms with van der Waals surface area (Å²) >= 11 is 0. The second kappa shape index (κ2) is 7.03. The Balaban J connectivity index is 2.11. The van der Waals surface area contributed by atoms with Crippen LogP contribution in [0.15, 0.2) is 22.8 Å². The molecule has 1 unspecified atom stereocenters. The number of carbonyl (C=O) groups excluding carboxylic acids is 1. The Labute approximate surface area is 94.4 Å². The number of rotatable bonds is 7. The summed E-state index contributed by atoms with van der Waals surface area (Å²) in [5.41, 5.74) is 0. The van der Waals surface area contributed by atoms with Gasteiger partial charge in [-0.25, -0.2) is 0 Å². The highest BCUT2D eigenvalue weighted by Crippen LogP contribution is 2.03. The summed E-state index contributed by atoms with van der Waals surface area (Å²) in [5, 5.41) is 11.9. The molecule has 0 aliphatic rings. The third kappa shape index (κ3) is 4.95. The third-order valence-electron chi connectivity index (χ3n) is 2.07. The molecule has 0 fully saturated rings. The van der Waals surface area contributed by atoms with Crippen molar-refractivity contribution in [2.75, 3.05) is 20.3 Å². The fourth-order valence-corrected chi connectivity index (χ4v) is 1.26. The Hall–Kier alpha value is -1.33. The van der Waals surface area contributed by atoms with Crippen molar-refractivity contribution in [3.63, 3.8) is 0 Å². The van der Waals surface area contributed by atoms with E-state index in [1.807, 2.05) is 6.07 Å². The van der Waals surface area contributed by atoms with Crippen molar-refractivity contribution in [2.45, 2.75) is 18.9 Å². The van der Waals surface area contributed by atoms with Gasteiger partial charge in [0.1, 0.15) is 5.76 Å². The molecule has 0 aliphatic heterocycles. The molecule has 0 saturated carbocycles. The summed E-state index contributed by atoms with van der Waals surface area (Å²) in [5.74, 6) is 0.680. The second-order valence-corrected chi connectivity index (χ2v) is 3.49. The smallest absolute Gasteiger partial charge is 0.220 e. The number of ether oxygens (including phenoxy) is 1. The zero-order valence-electron chi connectivity index (χ0n) is 9.31. The van der Waals surface area contributed by atoms with Crippen LogP contribution in [0.5, 0.6) is 0 Å². The van der Waals surface area contributed by atoms with Crippen molar-refractivity contribution in [1.29, 1.82) is 0 Å². The summed E-state index contributed by atoms with van der Waals surface area (Å²) in [6, 6.07) is 3.61. The first-order valence-corrected chi connectivity index (χ1v) is 5.18. The summed E-state index contributed by atoms with van der Waals surface area (Å²) in [6.45, 7) is 0.434. The van der Waals surface area contributed by atoms with Crippen LogP contribution in [0.4, 0.5) is 0 Å². The average molecular weight is 227 g/mol. The van der Waals surface area contributed by atoms with Crippen LogP contribution < -0.4 is 5.32 Å². The normalized spacial score (nSPS) is 12.4. The number of hydrogen-bond acceptors (Lipinski definition) is 4. The first-order valence-electron chi connectivity index (χ1n) is 5.18. The van der Waals surface area contributed by atoms with E-state index in [9.17, 15) is 9.90 Å². The van der Waals surface area contributed by atoms with Crippen LogP contribution >= 0.6 is 0 Å². The van der Waals surface area contributed by atoms with E-state index in [2.05, 4.69) is 5.32 Å². The van der Waals surface area contributed by atoms with Crippen molar-refractivity contribution >= 4 is 5.91 Å². The maximum atomic E-state index is 11.3. The van der Waals surface area contributed by atoms with Gasteiger partial charge in [0.05, 0.1) is 19.0 Å². The summed E-state index contributed by atoms with van der Waals surface area (Å²) in [6.07, 6.45) is 1.85. The molecule has 0 radical (unpaired) electrons. The second-order valence-electron chi connectivity index (χ2n) is 3.49. The van der Waals surface area contributed by atoms with Crippen molar-refractivity contribution in [3.05, 3.63) is 24.2 Å². The minimum absolute atomic E-state index is 0.105. The molecule has 90 valence electrons. The molecule has 1 rings (SSSR count). The zero-order valence-corrected chi connectivity index (χ0v) is 9.31. The minimum atomic E-state index is -0.655. The van der Waals surface area contributed by atoms with Gasteiger partial charge in [0.2, 0.25) is 5.91 Å². The SMILES string of the molecule is COCC(O)CNC(=O)CCc1ccco1. The van der Waals surface area contributed by atoms with E-state index in [1.165, 1.54) is 7.11 Å². The van der Waals surface area contributed by atoms with Gasteiger partial charge in [0, 0.05) is 26.5 Å². The van der Waals surface area contributed by atoms with Gasteiger partial charge < -0.3 is 19.6 Å². The molecule has 0 aromatic carbocycles. The zero-order chi connectivity index (χ0) is 11.8. The fourth-order valence-electron chi connectivity index (χ4n) is 1.26. The molecule has 5 nitrogen and oxygen atoms in total. The van der Waals surface area contributed by atoms with E-state index in [0.717, 1.165) is 5.76 Å². The molecule has 1 aromatic rings. The molecule has 0 saturated heterocycles. The van der Waals surface area contributed by atoms with Crippen LogP contribution in [-0.2, 0) is 16.0 Å². The number of amides is 1. The van der Waals surface area contributed by atoms with E-state index < -0.39 is 6.10 Å². The Morgan fingerprint density at radius 3 is 3.12 bits per heavy atom. The minimum Gasteiger partial charge on any atom is -0.469 e. The number of aliphatic hydroxyl groups excluding tert-OH is 1. The highest BCUT2D eigenvalue weighted by atomic mass is 16.5. The van der Waals surface area contributed by atoms with Crippen molar-refractivity contribution in [3.8, 4) is 0 Å². The monoisotopic (exact) mass is 227 g/mol. The van der Waals surface area contributed by atoms with Crippen LogP contribution in [0.2, 0.25) is 0 Å². The fraction of sp³-hybridized carbons (Fsp3) is 0.545. The largest absolute Gasteiger partial charge is 0.469 e. The number of nitrogens with one attached hydrogen (secondary N) is 1. The lowest BCUT2D eigenvalue weighted by Crippen LogP contribution is -2.34. The Kier molecular flexibility index (Phi) is 5.60. The van der Waals surface area contributed by atoms with Crippen LogP contribution in [0.25, 0.3) is 0 Å². The van der Waals surface area contributed by atoms with Gasteiger partial charge in [-0.3, -0.25) is 4.79 Å². The highest BCUT2D eigenvalue weighted by molar-refractivity contribution is 5.76. The molecule has 0 spiro atoms. The van der Waals surface area contributed by atoms with E-state index in [0.29, 0.717) is 12.8 Å². The number of aliphatic hydroxyl groups is 1. The van der Waals surface area contributed by atoms with Gasteiger partial charge in [0.15, 0.2) is 0 Å². The maximum absolute atomic E-state index is 11.3. The quantitative estimate of drug-likeness (QED) is 0.704. The van der Waals surface area contributed by atoms with E-state index in [4.69, 9.17) is 9.15 Å². The van der Waals surface area contributed by atoms with Gasteiger partial charge in [-0.15, -0.1) is 0 Å². The van der Waals surface area contributed by atoms with Crippen molar-refractivity contribution in [1.82, 2.24) is 5.32 Å². The van der Waals surface area contributed by atoms with E-state index in [-0.39, 0.29) is 19.1 Å². The van der Waals surface area contributed by atoms with Crippen LogP contribution in [0.3, 0.4) is 0 Å². The molecular weight excluding hydrogens is 210 g/mol. The van der Waals surface area contributed by atoms with Gasteiger partial charge in [-0.05, 0) is 12.1 Å². The molecular formula is C11H17NO4. The van der Waals surface area contributed by atoms with Gasteiger partial charge in [0.25, 0.3) is 0 Å². The van der Waals surface area contributed by atoms with Gasteiger partial charge in [-0.2, -0.15) is 0 Å². The molecule has 2 N–H and O–H groups in total.